The van der Waals surface area contributed by atoms with E-state index in [0.29, 0.717) is 11.1 Å². The van der Waals surface area contributed by atoms with Gasteiger partial charge in [0.05, 0.1) is 11.6 Å². The minimum absolute atomic E-state index is 0.00652. The second-order valence-electron chi connectivity index (χ2n) is 14.8. The Labute approximate surface area is 273 Å². The van der Waals surface area contributed by atoms with Gasteiger partial charge in [-0.05, 0) is 91.4 Å². The number of carbonyl (C=O) groups is 4. The zero-order valence-electron chi connectivity index (χ0n) is 27.4. The molecule has 2 aromatic carbocycles. The molecule has 248 valence electrons. The Morgan fingerprint density at radius 2 is 1.68 bits per heavy atom. The fourth-order valence-electron chi connectivity index (χ4n) is 7.83. The van der Waals surface area contributed by atoms with Gasteiger partial charge in [-0.1, -0.05) is 45.0 Å². The molecule has 6 rings (SSSR count). The Bertz CT molecular complexity index is 1790. The van der Waals surface area contributed by atoms with Crippen molar-refractivity contribution in [3.05, 3.63) is 69.5 Å². The van der Waals surface area contributed by atoms with Crippen LogP contribution in [-0.4, -0.2) is 74.3 Å². The molecule has 0 aromatic heterocycles. The molecule has 2 saturated carbocycles. The monoisotopic (exact) mass is 642 g/mol. The molecule has 1 amide bonds. The van der Waals surface area contributed by atoms with E-state index in [1.165, 1.54) is 4.90 Å². The van der Waals surface area contributed by atoms with Gasteiger partial charge in [0.25, 0.3) is 5.91 Å². The molecule has 2 aromatic rings. The molecule has 0 aliphatic heterocycles. The largest absolute Gasteiger partial charge is 0.508 e. The standard InChI is InChI=1S/C37H42N2O8/c1-36(2,3)21-11-8-17(9-12-21)22-14-19(10-13-25(40)18-6-7-18)30(41)27-23(22)15-20-16-24-29(39(4)5)32(43)28(35(38)46)34(45)37(24,47)33(44)26(20)31(27)42/h8-9,11-12,14,18,20,24,29,41-42,45,47H,6-7,10,13,15-16H2,1-5H3,(H2,38,46). The second-order valence-corrected chi connectivity index (χ2v) is 14.8. The fourth-order valence-corrected chi connectivity index (χ4v) is 7.83. The van der Waals surface area contributed by atoms with Gasteiger partial charge in [0.15, 0.2) is 11.4 Å². The Hall–Kier alpha value is -4.28. The molecule has 0 radical (unpaired) electrons. The van der Waals surface area contributed by atoms with Crippen LogP contribution in [0, 0.1) is 17.8 Å². The highest BCUT2D eigenvalue weighted by Crippen LogP contribution is 2.54. The quantitative estimate of drug-likeness (QED) is 0.281. The highest BCUT2D eigenvalue weighted by molar-refractivity contribution is 6.24. The minimum atomic E-state index is -2.71. The van der Waals surface area contributed by atoms with Gasteiger partial charge in [-0.3, -0.25) is 24.1 Å². The van der Waals surface area contributed by atoms with Crippen molar-refractivity contribution in [2.45, 2.75) is 76.4 Å². The molecule has 0 heterocycles. The van der Waals surface area contributed by atoms with Crippen LogP contribution >= 0.6 is 0 Å². The number of phenolic OH excluding ortho intramolecular Hbond substituents is 1. The van der Waals surface area contributed by atoms with Gasteiger partial charge in [0.1, 0.15) is 28.6 Å². The number of Topliss-reactive ketones (excluding diaryl/α,β-unsaturated/α-hetero) is 3. The number of ketones is 3. The van der Waals surface area contributed by atoms with Gasteiger partial charge in [0, 0.05) is 23.8 Å². The van der Waals surface area contributed by atoms with Crippen molar-refractivity contribution in [1.82, 2.24) is 4.90 Å². The molecule has 0 bridgehead atoms. The average molecular weight is 643 g/mol. The smallest absolute Gasteiger partial charge is 0.255 e. The number of aliphatic hydroxyl groups excluding tert-OH is 2. The van der Waals surface area contributed by atoms with E-state index in [2.05, 4.69) is 20.8 Å². The lowest BCUT2D eigenvalue weighted by atomic mass is 9.57. The van der Waals surface area contributed by atoms with Crippen molar-refractivity contribution in [2.24, 2.45) is 23.5 Å². The van der Waals surface area contributed by atoms with Crippen LogP contribution in [0.15, 0.2) is 47.2 Å². The predicted octanol–water partition coefficient (Wildman–Crippen LogP) is 3.84. The van der Waals surface area contributed by atoms with Crippen molar-refractivity contribution >= 4 is 29.0 Å². The summed E-state index contributed by atoms with van der Waals surface area (Å²) < 4.78 is 0. The number of phenols is 1. The number of fused-ring (bicyclic) bond motifs is 3. The number of nitrogens with two attached hydrogens (primary N) is 1. The van der Waals surface area contributed by atoms with Crippen LogP contribution in [-0.2, 0) is 37.4 Å². The number of nitrogens with zero attached hydrogens (tertiary/aromatic N) is 1. The molecule has 0 saturated heterocycles. The van der Waals surface area contributed by atoms with Crippen LogP contribution in [0.1, 0.15) is 68.7 Å². The highest BCUT2D eigenvalue weighted by Gasteiger charge is 2.64. The van der Waals surface area contributed by atoms with E-state index in [1.807, 2.05) is 30.3 Å². The molecule has 6 N–H and O–H groups in total. The first kappa shape index (κ1) is 32.7. The molecule has 0 spiro atoms. The number of amides is 1. The van der Waals surface area contributed by atoms with Crippen molar-refractivity contribution in [2.75, 3.05) is 14.1 Å². The van der Waals surface area contributed by atoms with Gasteiger partial charge >= 0.3 is 0 Å². The fraction of sp³-hybridized carbons (Fsp3) is 0.459. The van der Waals surface area contributed by atoms with Gasteiger partial charge in [-0.25, -0.2) is 0 Å². The molecular formula is C37H42N2O8. The molecule has 4 atom stereocenters. The lowest BCUT2D eigenvalue weighted by molar-refractivity contribution is -0.153. The molecule has 2 fully saturated rings. The minimum Gasteiger partial charge on any atom is -0.508 e. The van der Waals surface area contributed by atoms with E-state index in [0.717, 1.165) is 29.5 Å². The third kappa shape index (κ3) is 5.09. The first-order chi connectivity index (χ1) is 22.0. The highest BCUT2D eigenvalue weighted by atomic mass is 16.3. The summed E-state index contributed by atoms with van der Waals surface area (Å²) in [4.78, 5) is 54.1. The topological polar surface area (TPSA) is 178 Å². The molecule has 47 heavy (non-hydrogen) atoms. The Morgan fingerprint density at radius 3 is 2.23 bits per heavy atom. The molecule has 4 aliphatic rings. The molecule has 4 aliphatic carbocycles. The van der Waals surface area contributed by atoms with Crippen LogP contribution in [0.5, 0.6) is 5.75 Å². The van der Waals surface area contributed by atoms with E-state index in [4.69, 9.17) is 5.73 Å². The van der Waals surface area contributed by atoms with Crippen LogP contribution in [0.2, 0.25) is 0 Å². The summed E-state index contributed by atoms with van der Waals surface area (Å²) in [5.41, 5.74) is 5.32. The van der Waals surface area contributed by atoms with Gasteiger partial charge in [-0.15, -0.1) is 0 Å². The Morgan fingerprint density at radius 1 is 1.04 bits per heavy atom. The lowest BCUT2D eigenvalue weighted by Gasteiger charge is -2.50. The van der Waals surface area contributed by atoms with E-state index in [1.54, 1.807) is 14.1 Å². The van der Waals surface area contributed by atoms with E-state index in [9.17, 15) is 39.6 Å². The van der Waals surface area contributed by atoms with Crippen LogP contribution < -0.4 is 5.73 Å². The number of primary amides is 1. The maximum atomic E-state index is 14.3. The molecule has 10 heteroatoms. The zero-order chi connectivity index (χ0) is 34.3. The van der Waals surface area contributed by atoms with E-state index in [-0.39, 0.29) is 59.7 Å². The summed E-state index contributed by atoms with van der Waals surface area (Å²) in [5, 5.41) is 46.6. The number of likely N-dealkylation sites (N-methyl/N-ethyl adjacent to an activating group) is 1. The van der Waals surface area contributed by atoms with Gasteiger partial charge < -0.3 is 26.2 Å². The van der Waals surface area contributed by atoms with E-state index < -0.39 is 58.0 Å². The van der Waals surface area contributed by atoms with Crippen LogP contribution in [0.25, 0.3) is 16.9 Å². The molecule has 4 unspecified atom stereocenters. The van der Waals surface area contributed by atoms with E-state index >= 15 is 0 Å². The van der Waals surface area contributed by atoms with Gasteiger partial charge in [-0.2, -0.15) is 0 Å². The number of hydrogen-bond acceptors (Lipinski definition) is 9. The van der Waals surface area contributed by atoms with Gasteiger partial charge in [0.2, 0.25) is 5.78 Å². The zero-order valence-corrected chi connectivity index (χ0v) is 27.4. The predicted molar refractivity (Wildman–Crippen MR) is 174 cm³/mol. The maximum Gasteiger partial charge on any atom is 0.255 e. The summed E-state index contributed by atoms with van der Waals surface area (Å²) >= 11 is 0. The van der Waals surface area contributed by atoms with Crippen molar-refractivity contribution in [3.63, 3.8) is 0 Å². The number of carbonyl (C=O) groups excluding carboxylic acids is 4. The van der Waals surface area contributed by atoms with Crippen LogP contribution in [0.4, 0.5) is 0 Å². The van der Waals surface area contributed by atoms with Crippen LogP contribution in [0.3, 0.4) is 0 Å². The third-order valence-corrected chi connectivity index (χ3v) is 10.5. The summed E-state index contributed by atoms with van der Waals surface area (Å²) in [6, 6.07) is 8.70. The Balaban J connectivity index is 1.54. The SMILES string of the molecule is CN(C)C1C(=O)C(C(N)=O)=C(O)C2(O)C(=O)C3=C(O)c4c(O)c(CCC(=O)C5CC5)cc(-c5ccc(C(C)(C)C)cc5)c4CC3CC12. The third-order valence-electron chi connectivity index (χ3n) is 10.5. The average Bonchev–Trinajstić information content (AvgIpc) is 3.84. The normalized spacial score (nSPS) is 25.9. The number of aromatic hydroxyl groups is 1. The second kappa shape index (κ2) is 11.2. The summed E-state index contributed by atoms with van der Waals surface area (Å²) in [6.45, 7) is 6.34. The molecular weight excluding hydrogens is 600 g/mol. The van der Waals surface area contributed by atoms with Crippen molar-refractivity contribution < 1.29 is 39.6 Å². The number of hydrogen-bond donors (Lipinski definition) is 5. The summed E-state index contributed by atoms with van der Waals surface area (Å²) in [7, 11) is 3.14. The Kier molecular flexibility index (Phi) is 7.76. The van der Waals surface area contributed by atoms with Crippen molar-refractivity contribution in [3.8, 4) is 16.9 Å². The first-order valence-electron chi connectivity index (χ1n) is 16.1. The maximum absolute atomic E-state index is 14.3. The lowest BCUT2D eigenvalue weighted by Crippen LogP contribution is -2.65. The van der Waals surface area contributed by atoms with Crippen molar-refractivity contribution in [1.29, 1.82) is 0 Å². The summed E-state index contributed by atoms with van der Waals surface area (Å²) in [6.07, 6.45) is 2.35. The number of aryl methyl sites for hydroxylation is 1. The summed E-state index contributed by atoms with van der Waals surface area (Å²) in [5.74, 6) is -6.73. The number of rotatable bonds is 7. The first-order valence-corrected chi connectivity index (χ1v) is 16.1. The number of benzene rings is 2. The number of aliphatic hydroxyl groups is 3. The molecule has 10 nitrogen and oxygen atoms in total.